The van der Waals surface area contributed by atoms with E-state index in [1.54, 1.807) is 42.5 Å². The van der Waals surface area contributed by atoms with Gasteiger partial charge in [0, 0.05) is 34.0 Å². The highest BCUT2D eigenvalue weighted by molar-refractivity contribution is 9.10. The first-order valence-corrected chi connectivity index (χ1v) is 16.1. The Bertz CT molecular complexity index is 1870. The lowest BCUT2D eigenvalue weighted by Gasteiger charge is -2.55. The third-order valence-electron chi connectivity index (χ3n) is 10.3. The van der Waals surface area contributed by atoms with Crippen molar-refractivity contribution in [3.63, 3.8) is 0 Å². The predicted octanol–water partition coefficient (Wildman–Crippen LogP) is 5.45. The number of aliphatic carboxylic acids is 1. The van der Waals surface area contributed by atoms with E-state index in [4.69, 9.17) is 0 Å². The largest absolute Gasteiger partial charge is 0.508 e. The van der Waals surface area contributed by atoms with E-state index in [1.807, 2.05) is 42.5 Å². The van der Waals surface area contributed by atoms with Gasteiger partial charge in [-0.05, 0) is 54.2 Å². The molecule has 3 aromatic carbocycles. The second-order valence-corrected chi connectivity index (χ2v) is 13.4. The van der Waals surface area contributed by atoms with Gasteiger partial charge in [-0.2, -0.15) is 0 Å². The summed E-state index contributed by atoms with van der Waals surface area (Å²) in [6.07, 6.45) is 3.34. The zero-order valence-corrected chi connectivity index (χ0v) is 26.2. The lowest BCUT2D eigenvalue weighted by Crippen LogP contribution is -2.58. The highest BCUT2D eigenvalue weighted by Crippen LogP contribution is 2.64. The summed E-state index contributed by atoms with van der Waals surface area (Å²) in [5.74, 6) is -6.43. The summed E-state index contributed by atoms with van der Waals surface area (Å²) < 4.78 is 0.665. The first-order chi connectivity index (χ1) is 22.1. The number of carbonyl (C=O) groups is 5. The highest BCUT2D eigenvalue weighted by atomic mass is 79.9. The van der Waals surface area contributed by atoms with Crippen LogP contribution in [0.25, 0.3) is 5.57 Å². The van der Waals surface area contributed by atoms with Crippen LogP contribution in [0.1, 0.15) is 41.9 Å². The number of nitrogens with zero attached hydrogens (tertiary/aromatic N) is 1. The third kappa shape index (κ3) is 4.43. The maximum Gasteiger partial charge on any atom is 0.305 e. The summed E-state index contributed by atoms with van der Waals surface area (Å²) in [4.78, 5) is 69.7. The van der Waals surface area contributed by atoms with Crippen LogP contribution in [0.3, 0.4) is 0 Å². The summed E-state index contributed by atoms with van der Waals surface area (Å²) in [6.45, 7) is -0.229. The van der Waals surface area contributed by atoms with Crippen LogP contribution >= 0.6 is 15.9 Å². The smallest absolute Gasteiger partial charge is 0.305 e. The minimum absolute atomic E-state index is 0.0547. The molecule has 0 bridgehead atoms. The number of phenols is 1. The van der Waals surface area contributed by atoms with Gasteiger partial charge in [0.15, 0.2) is 11.6 Å². The molecule has 3 aromatic rings. The number of rotatable bonds is 6. The molecule has 2 amide bonds. The Labute approximate surface area is 273 Å². The van der Waals surface area contributed by atoms with E-state index in [0.29, 0.717) is 21.2 Å². The van der Waals surface area contributed by atoms with Crippen LogP contribution in [0.4, 0.5) is 0 Å². The molecule has 0 radical (unpaired) electrons. The lowest BCUT2D eigenvalue weighted by atomic mass is 9.44. The summed E-state index contributed by atoms with van der Waals surface area (Å²) in [6, 6.07) is 23.2. The standard InChI is InChI=1S/C37H30BrNO7/c38-22-11-14-29(40)27(17-22)33-23-12-13-24-32(36(46)39(35(24)45)16-15-31(42)43)26(23)18-28-34(44)25(20-7-3-1-4-8-20)19-30(41)37(28,33)21-9-5-2-6-10-21/h1-12,14,17,19,24,26,28,32-33,40H,13,15-16,18H2,(H,42,43)/t24-,26+,28-,32-,33+,37-/m0/s1. The number of allylic oxidation sites excluding steroid dienone is 4. The van der Waals surface area contributed by atoms with Gasteiger partial charge in [0.1, 0.15) is 5.75 Å². The van der Waals surface area contributed by atoms with Gasteiger partial charge in [-0.3, -0.25) is 28.9 Å². The first kappa shape index (κ1) is 30.0. The summed E-state index contributed by atoms with van der Waals surface area (Å²) in [5, 5.41) is 20.7. The number of carboxylic acid groups (broad SMARTS) is 1. The van der Waals surface area contributed by atoms with Crippen LogP contribution in [0.5, 0.6) is 5.75 Å². The van der Waals surface area contributed by atoms with Crippen molar-refractivity contribution in [3.05, 3.63) is 118 Å². The number of halogens is 1. The fourth-order valence-corrected chi connectivity index (χ4v) is 8.85. The number of imide groups is 1. The third-order valence-corrected chi connectivity index (χ3v) is 10.8. The Kier molecular flexibility index (Phi) is 7.39. The Morgan fingerprint density at radius 1 is 0.913 bits per heavy atom. The number of carbonyl (C=O) groups excluding carboxylic acids is 4. The van der Waals surface area contributed by atoms with Gasteiger partial charge in [0.25, 0.3) is 0 Å². The van der Waals surface area contributed by atoms with E-state index in [9.17, 15) is 34.2 Å². The number of likely N-dealkylation sites (tertiary alicyclic amines) is 1. The Morgan fingerprint density at radius 2 is 1.61 bits per heavy atom. The molecule has 9 heteroatoms. The maximum atomic E-state index is 14.9. The molecule has 4 aliphatic rings. The molecule has 8 nitrogen and oxygen atoms in total. The molecule has 1 heterocycles. The first-order valence-electron chi connectivity index (χ1n) is 15.3. The Morgan fingerprint density at radius 3 is 2.30 bits per heavy atom. The van der Waals surface area contributed by atoms with Crippen LogP contribution in [0.2, 0.25) is 0 Å². The van der Waals surface area contributed by atoms with E-state index in [2.05, 4.69) is 15.9 Å². The van der Waals surface area contributed by atoms with Crippen LogP contribution < -0.4 is 0 Å². The quantitative estimate of drug-likeness (QED) is 0.262. The second-order valence-electron chi connectivity index (χ2n) is 12.5. The number of Topliss-reactive ketones (excluding diaryl/α,β-unsaturated/α-hetero) is 1. The summed E-state index contributed by atoms with van der Waals surface area (Å²) >= 11 is 3.53. The number of ketones is 2. The van der Waals surface area contributed by atoms with Gasteiger partial charge in [-0.25, -0.2) is 0 Å². The molecule has 7 rings (SSSR count). The minimum Gasteiger partial charge on any atom is -0.508 e. The van der Waals surface area contributed by atoms with Gasteiger partial charge in [-0.15, -0.1) is 0 Å². The molecule has 1 aliphatic heterocycles. The van der Waals surface area contributed by atoms with Gasteiger partial charge >= 0.3 is 5.97 Å². The van der Waals surface area contributed by atoms with Crippen molar-refractivity contribution < 1.29 is 34.2 Å². The van der Waals surface area contributed by atoms with Crippen molar-refractivity contribution in [1.29, 1.82) is 0 Å². The number of hydrogen-bond donors (Lipinski definition) is 2. The number of fused-ring (bicyclic) bond motifs is 4. The van der Waals surface area contributed by atoms with E-state index in [0.717, 1.165) is 10.5 Å². The average molecular weight is 681 g/mol. The molecule has 0 aromatic heterocycles. The monoisotopic (exact) mass is 679 g/mol. The minimum atomic E-state index is -1.45. The molecular formula is C37H30BrNO7. The molecule has 46 heavy (non-hydrogen) atoms. The number of benzene rings is 3. The average Bonchev–Trinajstić information content (AvgIpc) is 3.31. The van der Waals surface area contributed by atoms with Crippen LogP contribution in [0, 0.1) is 23.7 Å². The van der Waals surface area contributed by atoms with Crippen LogP contribution in [-0.4, -0.2) is 51.0 Å². The lowest BCUT2D eigenvalue weighted by molar-refractivity contribution is -0.142. The van der Waals surface area contributed by atoms with E-state index in [1.165, 1.54) is 6.08 Å². The zero-order valence-electron chi connectivity index (χ0n) is 24.6. The topological polar surface area (TPSA) is 129 Å². The Hall–Kier alpha value is -4.63. The number of aromatic hydroxyl groups is 1. The van der Waals surface area contributed by atoms with Gasteiger partial charge < -0.3 is 10.2 Å². The zero-order chi connectivity index (χ0) is 32.3. The molecule has 0 unspecified atom stereocenters. The van der Waals surface area contributed by atoms with Gasteiger partial charge in [0.05, 0.1) is 23.7 Å². The van der Waals surface area contributed by atoms with Crippen molar-refractivity contribution in [2.75, 3.05) is 6.54 Å². The van der Waals surface area contributed by atoms with Crippen molar-refractivity contribution in [3.8, 4) is 5.75 Å². The van der Waals surface area contributed by atoms with Gasteiger partial charge in [-0.1, -0.05) is 88.2 Å². The maximum absolute atomic E-state index is 14.9. The van der Waals surface area contributed by atoms with Gasteiger partial charge in [0.2, 0.25) is 11.8 Å². The molecule has 2 fully saturated rings. The molecule has 2 N–H and O–H groups in total. The molecule has 1 saturated heterocycles. The molecular weight excluding hydrogens is 650 g/mol. The van der Waals surface area contributed by atoms with E-state index >= 15 is 0 Å². The van der Waals surface area contributed by atoms with E-state index in [-0.39, 0.29) is 48.7 Å². The number of amides is 2. The summed E-state index contributed by atoms with van der Waals surface area (Å²) in [7, 11) is 0. The van der Waals surface area contributed by atoms with Crippen molar-refractivity contribution in [2.45, 2.75) is 30.6 Å². The molecule has 1 saturated carbocycles. The molecule has 3 aliphatic carbocycles. The fourth-order valence-electron chi connectivity index (χ4n) is 8.47. The highest BCUT2D eigenvalue weighted by Gasteiger charge is 2.66. The van der Waals surface area contributed by atoms with Crippen molar-refractivity contribution >= 4 is 50.9 Å². The van der Waals surface area contributed by atoms with Crippen molar-refractivity contribution in [2.24, 2.45) is 23.7 Å². The second kappa shape index (κ2) is 11.3. The van der Waals surface area contributed by atoms with E-state index < -0.39 is 52.8 Å². The fraction of sp³-hybridized carbons (Fsp3) is 0.270. The molecule has 6 atom stereocenters. The predicted molar refractivity (Wildman–Crippen MR) is 171 cm³/mol. The number of hydrogen-bond acceptors (Lipinski definition) is 6. The SMILES string of the molecule is O=C(O)CCN1C(=O)[C@H]2[C@H](CC=C3[C@H]2C[C@H]2C(=O)C(c4ccccc4)=CC(=O)[C@@]2(c2ccccc2)[C@H]3c2cc(Br)ccc2O)C1=O. The summed E-state index contributed by atoms with van der Waals surface area (Å²) in [5.41, 5.74) is 1.25. The van der Waals surface area contributed by atoms with Crippen molar-refractivity contribution in [1.82, 2.24) is 4.90 Å². The van der Waals surface area contributed by atoms with Crippen LogP contribution in [-0.2, 0) is 29.4 Å². The normalized spacial score (nSPS) is 28.6. The molecule has 0 spiro atoms. The van der Waals surface area contributed by atoms with Crippen LogP contribution in [0.15, 0.2) is 101 Å². The number of carboxylic acids is 1. The Balaban J connectivity index is 1.48. The number of phenolic OH excluding ortho intramolecular Hbond substituents is 1. The molecule has 232 valence electrons.